The van der Waals surface area contributed by atoms with Crippen molar-refractivity contribution in [3.05, 3.63) is 66.6 Å². The number of likely N-dealkylation sites (tertiary alicyclic amines) is 1. The molecule has 3 heterocycles. The van der Waals surface area contributed by atoms with Gasteiger partial charge in [-0.15, -0.1) is 0 Å². The highest BCUT2D eigenvalue weighted by atomic mass is 16.2. The van der Waals surface area contributed by atoms with Crippen molar-refractivity contribution in [2.45, 2.75) is 38.3 Å². The summed E-state index contributed by atoms with van der Waals surface area (Å²) in [5.41, 5.74) is 2.97. The van der Waals surface area contributed by atoms with Crippen LogP contribution in [0.15, 0.2) is 60.9 Å². The molecule has 1 atom stereocenters. The quantitative estimate of drug-likeness (QED) is 0.689. The van der Waals surface area contributed by atoms with Crippen LogP contribution < -0.4 is 0 Å². The lowest BCUT2D eigenvalue weighted by atomic mass is 9.99. The minimum Gasteiger partial charge on any atom is -0.340 e. The maximum Gasteiger partial charge on any atom is 0.270 e. The van der Waals surface area contributed by atoms with Gasteiger partial charge in [-0.05, 0) is 49.4 Å². The Morgan fingerprint density at radius 2 is 1.96 bits per heavy atom. The van der Waals surface area contributed by atoms with Crippen molar-refractivity contribution in [2.75, 3.05) is 6.54 Å². The molecule has 1 fully saturated rings. The normalized spacial score (nSPS) is 17.2. The molecule has 0 bridgehead atoms. The number of benzene rings is 1. The summed E-state index contributed by atoms with van der Waals surface area (Å²) in [6, 6.07) is 16.5. The number of aromatic nitrogens is 3. The van der Waals surface area contributed by atoms with Gasteiger partial charge in [0.05, 0.1) is 0 Å². The second-order valence-corrected chi connectivity index (χ2v) is 7.23. The summed E-state index contributed by atoms with van der Waals surface area (Å²) in [5.74, 6) is 0.143. The summed E-state index contributed by atoms with van der Waals surface area (Å²) >= 11 is 0. The SMILES string of the molecule is Cn1c(C(=O)N2CCCC[C@@H]2CCn2cccn2)ccc1-c1ccccc1. The predicted molar refractivity (Wildman–Crippen MR) is 106 cm³/mol. The Morgan fingerprint density at radius 3 is 2.74 bits per heavy atom. The third-order valence-electron chi connectivity index (χ3n) is 5.55. The van der Waals surface area contributed by atoms with Gasteiger partial charge in [0.25, 0.3) is 5.91 Å². The van der Waals surface area contributed by atoms with Crippen LogP contribution in [-0.2, 0) is 13.6 Å². The molecule has 1 aromatic carbocycles. The minimum absolute atomic E-state index is 0.143. The first-order valence-corrected chi connectivity index (χ1v) is 9.73. The molecular formula is C22H26N4O. The van der Waals surface area contributed by atoms with Gasteiger partial charge in [-0.1, -0.05) is 30.3 Å². The first-order chi connectivity index (χ1) is 13.2. The maximum atomic E-state index is 13.3. The average molecular weight is 362 g/mol. The number of hydrogen-bond donors (Lipinski definition) is 0. The van der Waals surface area contributed by atoms with Gasteiger partial charge in [0.1, 0.15) is 5.69 Å². The van der Waals surface area contributed by atoms with E-state index >= 15 is 0 Å². The number of nitrogens with zero attached hydrogens (tertiary/aromatic N) is 4. The molecule has 1 amide bonds. The average Bonchev–Trinajstić information content (AvgIpc) is 3.36. The Hall–Kier alpha value is -2.82. The third kappa shape index (κ3) is 3.68. The fourth-order valence-electron chi connectivity index (χ4n) is 4.05. The minimum atomic E-state index is 0.143. The van der Waals surface area contributed by atoms with E-state index in [1.54, 1.807) is 6.20 Å². The Kier molecular flexibility index (Phi) is 5.10. The van der Waals surface area contributed by atoms with Crippen molar-refractivity contribution >= 4 is 5.91 Å². The summed E-state index contributed by atoms with van der Waals surface area (Å²) in [6.07, 6.45) is 8.08. The Labute approximate surface area is 160 Å². The molecule has 0 spiro atoms. The Balaban J connectivity index is 1.52. The Morgan fingerprint density at radius 1 is 1.11 bits per heavy atom. The van der Waals surface area contributed by atoms with Crippen LogP contribution >= 0.6 is 0 Å². The highest BCUT2D eigenvalue weighted by molar-refractivity contribution is 5.94. The molecule has 0 saturated carbocycles. The van der Waals surface area contributed by atoms with Gasteiger partial charge >= 0.3 is 0 Å². The highest BCUT2D eigenvalue weighted by Gasteiger charge is 2.29. The standard InChI is InChI=1S/C22H26N4O/c1-24-20(18-8-3-2-4-9-18)11-12-21(24)22(27)26-16-6-5-10-19(26)13-17-25-15-7-14-23-25/h2-4,7-9,11-12,14-15,19H,5-6,10,13,16-17H2,1H3/t19-/m1/s1. The fourth-order valence-corrected chi connectivity index (χ4v) is 4.05. The van der Waals surface area contributed by atoms with Gasteiger partial charge in [-0.3, -0.25) is 9.48 Å². The van der Waals surface area contributed by atoms with Crippen LogP contribution in [0.3, 0.4) is 0 Å². The first kappa shape index (κ1) is 17.6. The molecule has 140 valence electrons. The predicted octanol–water partition coefficient (Wildman–Crippen LogP) is 3.97. The zero-order valence-electron chi connectivity index (χ0n) is 15.8. The van der Waals surface area contributed by atoms with Crippen LogP contribution in [0.4, 0.5) is 0 Å². The molecule has 3 aromatic rings. The highest BCUT2D eigenvalue weighted by Crippen LogP contribution is 2.26. The molecule has 5 nitrogen and oxygen atoms in total. The Bertz CT molecular complexity index is 882. The molecular weight excluding hydrogens is 336 g/mol. The number of hydrogen-bond acceptors (Lipinski definition) is 2. The number of carbonyl (C=O) groups excluding carboxylic acids is 1. The molecule has 0 N–H and O–H groups in total. The van der Waals surface area contributed by atoms with Crippen molar-refractivity contribution in [1.29, 1.82) is 0 Å². The summed E-state index contributed by atoms with van der Waals surface area (Å²) in [7, 11) is 1.98. The van der Waals surface area contributed by atoms with Gasteiger partial charge < -0.3 is 9.47 Å². The van der Waals surface area contributed by atoms with Crippen LogP contribution in [0.1, 0.15) is 36.2 Å². The molecule has 2 aromatic heterocycles. The number of carbonyl (C=O) groups is 1. The number of amides is 1. The molecule has 1 aliphatic rings. The van der Waals surface area contributed by atoms with E-state index in [0.29, 0.717) is 0 Å². The fraction of sp³-hybridized carbons (Fsp3) is 0.364. The maximum absolute atomic E-state index is 13.3. The van der Waals surface area contributed by atoms with E-state index in [9.17, 15) is 4.79 Å². The molecule has 4 rings (SSSR count). The van der Waals surface area contributed by atoms with E-state index in [-0.39, 0.29) is 11.9 Å². The first-order valence-electron chi connectivity index (χ1n) is 9.73. The molecule has 5 heteroatoms. The monoisotopic (exact) mass is 362 g/mol. The van der Waals surface area contributed by atoms with Crippen molar-refractivity contribution in [2.24, 2.45) is 7.05 Å². The third-order valence-corrected chi connectivity index (χ3v) is 5.55. The van der Waals surface area contributed by atoms with Crippen molar-refractivity contribution < 1.29 is 4.79 Å². The second kappa shape index (κ2) is 7.82. The summed E-state index contributed by atoms with van der Waals surface area (Å²) in [4.78, 5) is 15.4. The van der Waals surface area contributed by atoms with Crippen molar-refractivity contribution in [1.82, 2.24) is 19.2 Å². The van der Waals surface area contributed by atoms with E-state index in [1.165, 1.54) is 6.42 Å². The molecule has 27 heavy (non-hydrogen) atoms. The second-order valence-electron chi connectivity index (χ2n) is 7.23. The molecule has 0 aliphatic carbocycles. The number of aryl methyl sites for hydroxylation is 1. The van der Waals surface area contributed by atoms with Crippen LogP contribution in [0.2, 0.25) is 0 Å². The molecule has 0 radical (unpaired) electrons. The van der Waals surface area contributed by atoms with Gasteiger partial charge in [-0.2, -0.15) is 5.10 Å². The van der Waals surface area contributed by atoms with Crippen molar-refractivity contribution in [3.63, 3.8) is 0 Å². The van der Waals surface area contributed by atoms with E-state index < -0.39 is 0 Å². The molecule has 1 aliphatic heterocycles. The summed E-state index contributed by atoms with van der Waals surface area (Å²) in [5, 5.41) is 4.29. The van der Waals surface area contributed by atoms with Crippen LogP contribution in [0.25, 0.3) is 11.3 Å². The smallest absolute Gasteiger partial charge is 0.270 e. The zero-order chi connectivity index (χ0) is 18.6. The largest absolute Gasteiger partial charge is 0.340 e. The topological polar surface area (TPSA) is 43.1 Å². The molecule has 1 saturated heterocycles. The van der Waals surface area contributed by atoms with Crippen LogP contribution in [0, 0.1) is 0 Å². The van der Waals surface area contributed by atoms with Gasteiger partial charge in [0.15, 0.2) is 0 Å². The van der Waals surface area contributed by atoms with Crippen LogP contribution in [-0.4, -0.2) is 37.7 Å². The molecule has 0 unspecified atom stereocenters. The zero-order valence-corrected chi connectivity index (χ0v) is 15.8. The lowest BCUT2D eigenvalue weighted by molar-refractivity contribution is 0.0584. The van der Waals surface area contributed by atoms with Crippen LogP contribution in [0.5, 0.6) is 0 Å². The number of rotatable bonds is 5. The summed E-state index contributed by atoms with van der Waals surface area (Å²) < 4.78 is 3.98. The lowest BCUT2D eigenvalue weighted by Gasteiger charge is -2.36. The van der Waals surface area contributed by atoms with E-state index in [4.69, 9.17) is 0 Å². The lowest BCUT2D eigenvalue weighted by Crippen LogP contribution is -2.44. The van der Waals surface area contributed by atoms with Crippen molar-refractivity contribution in [3.8, 4) is 11.3 Å². The van der Waals surface area contributed by atoms with Gasteiger partial charge in [0, 0.05) is 44.3 Å². The number of piperidine rings is 1. The van der Waals surface area contributed by atoms with E-state index in [1.807, 2.05) is 58.9 Å². The van der Waals surface area contributed by atoms with E-state index in [2.05, 4.69) is 22.1 Å². The van der Waals surface area contributed by atoms with E-state index in [0.717, 1.165) is 49.3 Å². The summed E-state index contributed by atoms with van der Waals surface area (Å²) in [6.45, 7) is 1.69. The van der Waals surface area contributed by atoms with Gasteiger partial charge in [-0.25, -0.2) is 0 Å². The van der Waals surface area contributed by atoms with Gasteiger partial charge in [0.2, 0.25) is 0 Å².